The van der Waals surface area contributed by atoms with Crippen molar-refractivity contribution in [2.45, 2.75) is 12.6 Å². The molecule has 142 valence electrons. The van der Waals surface area contributed by atoms with Crippen molar-refractivity contribution in [3.05, 3.63) is 63.8 Å². The number of nitrogens with zero attached hydrogens (tertiary/aromatic N) is 1. The molecule has 1 aromatic carbocycles. The van der Waals surface area contributed by atoms with Crippen molar-refractivity contribution >= 4 is 52.1 Å². The predicted octanol–water partition coefficient (Wildman–Crippen LogP) is 1.70. The molecule has 10 heteroatoms. The summed E-state index contributed by atoms with van der Waals surface area (Å²) in [5, 5.41) is 22.6. The van der Waals surface area contributed by atoms with Gasteiger partial charge in [0.25, 0.3) is 5.91 Å². The molecule has 0 fully saturated rings. The molecule has 1 atom stereocenters. The summed E-state index contributed by atoms with van der Waals surface area (Å²) in [7, 11) is -2.03. The number of benzene rings is 1. The Morgan fingerprint density at radius 1 is 1.33 bits per heavy atom. The number of hydrogen-bond donors (Lipinski definition) is 3. The highest BCUT2D eigenvalue weighted by atomic mass is 79.9. The van der Waals surface area contributed by atoms with Crippen molar-refractivity contribution in [2.75, 3.05) is 11.4 Å². The van der Waals surface area contributed by atoms with Crippen LogP contribution < -0.4 is 10.2 Å². The summed E-state index contributed by atoms with van der Waals surface area (Å²) in [4.78, 5) is 26.8. The first-order chi connectivity index (χ1) is 12.9. The Bertz CT molecular complexity index is 770. The summed E-state index contributed by atoms with van der Waals surface area (Å²) < 4.78 is 5.78. The third-order valence-electron chi connectivity index (χ3n) is 3.46. The van der Waals surface area contributed by atoms with Gasteiger partial charge in [-0.2, -0.15) is 0 Å². The van der Waals surface area contributed by atoms with Gasteiger partial charge in [0, 0.05) is 21.5 Å². The first-order valence-electron chi connectivity index (χ1n) is 7.92. The number of nitrogens with one attached hydrogen (secondary N) is 1. The normalized spacial score (nSPS) is 11.5. The van der Waals surface area contributed by atoms with Crippen molar-refractivity contribution < 1.29 is 24.3 Å². The Balaban J connectivity index is 2.08. The first kappa shape index (κ1) is 21.3. The van der Waals surface area contributed by atoms with Gasteiger partial charge in [0.2, 0.25) is 5.91 Å². The number of carbonyl (C=O) groups is 2. The van der Waals surface area contributed by atoms with E-state index in [0.29, 0.717) is 5.69 Å². The molecular weight excluding hydrogens is 435 g/mol. The van der Waals surface area contributed by atoms with Crippen molar-refractivity contribution in [3.63, 3.8) is 0 Å². The van der Waals surface area contributed by atoms with Gasteiger partial charge < -0.3 is 20.0 Å². The maximum atomic E-state index is 12.4. The Hall–Kier alpha value is -1.98. The summed E-state index contributed by atoms with van der Waals surface area (Å²) in [6.45, 7) is 3.18. The number of rotatable bonds is 9. The van der Waals surface area contributed by atoms with Crippen LogP contribution in [0.5, 0.6) is 0 Å². The van der Waals surface area contributed by atoms with Gasteiger partial charge in [0.05, 0.1) is 0 Å². The van der Waals surface area contributed by atoms with Crippen LogP contribution in [0.1, 0.15) is 4.88 Å². The summed E-state index contributed by atoms with van der Waals surface area (Å²) in [5.74, 6) is -0.958. The molecule has 0 bridgehead atoms. The largest absolute Gasteiger partial charge is 0.635 e. The molecule has 3 N–H and O–H groups in total. The highest BCUT2D eigenvalue weighted by Crippen LogP contribution is 2.19. The average Bonchev–Trinajstić information content (AvgIpc) is 3.12. The lowest BCUT2D eigenvalue weighted by Gasteiger charge is -2.24. The number of amides is 2. The van der Waals surface area contributed by atoms with Gasteiger partial charge in [-0.25, -0.2) is 0 Å². The topological polar surface area (TPSA) is 99.1 Å². The van der Waals surface area contributed by atoms with E-state index in [1.165, 1.54) is 16.2 Å². The highest BCUT2D eigenvalue weighted by Gasteiger charge is 2.23. The van der Waals surface area contributed by atoms with Crippen LogP contribution >= 0.6 is 27.3 Å². The van der Waals surface area contributed by atoms with Crippen LogP contribution in [0.15, 0.2) is 58.9 Å². The van der Waals surface area contributed by atoms with E-state index < -0.39 is 25.4 Å². The predicted molar refractivity (Wildman–Crippen MR) is 108 cm³/mol. The molecule has 0 spiro atoms. The van der Waals surface area contributed by atoms with Gasteiger partial charge in [-0.3, -0.25) is 14.5 Å². The fraction of sp³-hybridized carbons (Fsp3) is 0.176. The minimum atomic E-state index is -2.03. The van der Waals surface area contributed by atoms with E-state index in [0.717, 1.165) is 15.4 Å². The molecule has 2 amide bonds. The molecule has 0 aliphatic heterocycles. The van der Waals surface area contributed by atoms with Gasteiger partial charge in [-0.15, -0.1) is 11.3 Å². The van der Waals surface area contributed by atoms with Gasteiger partial charge in [0.15, 0.2) is 0 Å². The second-order valence-corrected chi connectivity index (χ2v) is 7.35. The smallest absolute Gasteiger partial charge is 0.402 e. The molecule has 0 saturated heterocycles. The quantitative estimate of drug-likeness (QED) is 0.305. The highest BCUT2D eigenvalue weighted by molar-refractivity contribution is 9.10. The van der Waals surface area contributed by atoms with Gasteiger partial charge >= 0.3 is 7.32 Å². The first-order valence-corrected chi connectivity index (χ1v) is 9.59. The second-order valence-electron chi connectivity index (χ2n) is 5.41. The standard InChI is InChI=1S/C17H18BBrN2O5S/c1-2-17(23)21(13-7-5-12(19)6-8-13)11-15(22)20-16(26-18(24)25)10-14-4-3-9-27-14/h2-9,16,24-25H,1,10-11H2,(H,20,22)/t16-/m1/s1. The molecule has 7 nitrogen and oxygen atoms in total. The minimum Gasteiger partial charge on any atom is -0.402 e. The number of carbonyl (C=O) groups excluding carboxylic acids is 2. The number of thiophene rings is 1. The summed E-state index contributed by atoms with van der Waals surface area (Å²) in [6.07, 6.45) is 0.419. The van der Waals surface area contributed by atoms with E-state index in [4.69, 9.17) is 14.7 Å². The molecule has 2 rings (SSSR count). The van der Waals surface area contributed by atoms with E-state index in [9.17, 15) is 9.59 Å². The molecule has 0 radical (unpaired) electrons. The maximum Gasteiger partial charge on any atom is 0.635 e. The lowest BCUT2D eigenvalue weighted by atomic mass is 10.2. The fourth-order valence-corrected chi connectivity index (χ4v) is 3.29. The van der Waals surface area contributed by atoms with Crippen LogP contribution in [0.25, 0.3) is 0 Å². The van der Waals surface area contributed by atoms with Crippen LogP contribution in [0.3, 0.4) is 0 Å². The molecule has 1 heterocycles. The van der Waals surface area contributed by atoms with Crippen LogP contribution in [0.4, 0.5) is 5.69 Å². The molecule has 0 aliphatic rings. The Kier molecular flexibility index (Phi) is 8.20. The van der Waals surface area contributed by atoms with E-state index in [2.05, 4.69) is 27.8 Å². The molecule has 0 unspecified atom stereocenters. The third kappa shape index (κ3) is 6.92. The number of anilines is 1. The monoisotopic (exact) mass is 452 g/mol. The van der Waals surface area contributed by atoms with Crippen molar-refractivity contribution in [1.82, 2.24) is 5.32 Å². The summed E-state index contributed by atoms with van der Waals surface area (Å²) in [5.41, 5.74) is 0.524. The van der Waals surface area contributed by atoms with Crippen molar-refractivity contribution in [1.29, 1.82) is 0 Å². The summed E-state index contributed by atoms with van der Waals surface area (Å²) >= 11 is 4.77. The SMILES string of the molecule is C=CC(=O)N(CC(=O)N[C@@H](Cc1cccs1)OB(O)O)c1ccc(Br)cc1. The van der Waals surface area contributed by atoms with Crippen LogP contribution in [-0.4, -0.2) is 42.0 Å². The number of halogens is 1. The molecular formula is C17H18BBrN2O5S. The maximum absolute atomic E-state index is 12.4. The van der Waals surface area contributed by atoms with E-state index in [-0.39, 0.29) is 13.0 Å². The van der Waals surface area contributed by atoms with E-state index >= 15 is 0 Å². The molecule has 1 aromatic heterocycles. The number of hydrogen-bond acceptors (Lipinski definition) is 6. The van der Waals surface area contributed by atoms with Crippen LogP contribution in [0, 0.1) is 0 Å². The Morgan fingerprint density at radius 2 is 2.04 bits per heavy atom. The minimum absolute atomic E-state index is 0.259. The summed E-state index contributed by atoms with van der Waals surface area (Å²) in [6, 6.07) is 10.6. The molecule has 0 aliphatic carbocycles. The van der Waals surface area contributed by atoms with Crippen molar-refractivity contribution in [2.24, 2.45) is 0 Å². The zero-order chi connectivity index (χ0) is 19.8. The van der Waals surface area contributed by atoms with Crippen LogP contribution in [0.2, 0.25) is 0 Å². The Morgan fingerprint density at radius 3 is 2.59 bits per heavy atom. The lowest BCUT2D eigenvalue weighted by molar-refractivity contribution is -0.124. The molecule has 0 saturated carbocycles. The van der Waals surface area contributed by atoms with Gasteiger partial charge in [-0.05, 0) is 41.8 Å². The molecule has 2 aromatic rings. The van der Waals surface area contributed by atoms with E-state index in [1.54, 1.807) is 24.3 Å². The third-order valence-corrected chi connectivity index (χ3v) is 4.88. The zero-order valence-electron chi connectivity index (χ0n) is 14.2. The Labute approximate surface area is 169 Å². The van der Waals surface area contributed by atoms with Crippen LogP contribution in [-0.2, 0) is 20.7 Å². The zero-order valence-corrected chi connectivity index (χ0v) is 16.6. The molecule has 27 heavy (non-hydrogen) atoms. The average molecular weight is 453 g/mol. The van der Waals surface area contributed by atoms with Gasteiger partial charge in [-0.1, -0.05) is 28.6 Å². The second kappa shape index (κ2) is 10.4. The van der Waals surface area contributed by atoms with E-state index in [1.807, 2.05) is 17.5 Å². The lowest BCUT2D eigenvalue weighted by Crippen LogP contribution is -2.47. The van der Waals surface area contributed by atoms with Gasteiger partial charge in [0.1, 0.15) is 12.8 Å². The fourth-order valence-electron chi connectivity index (χ4n) is 2.29. The van der Waals surface area contributed by atoms with Crippen molar-refractivity contribution in [3.8, 4) is 0 Å².